The Labute approximate surface area is 119 Å². The number of hydrogen-bond donors (Lipinski definition) is 1. The second kappa shape index (κ2) is 6.04. The monoisotopic (exact) mass is 277 g/mol. The van der Waals surface area contributed by atoms with Crippen molar-refractivity contribution in [2.24, 2.45) is 0 Å². The van der Waals surface area contributed by atoms with Gasteiger partial charge in [0, 0.05) is 11.8 Å². The smallest absolute Gasteiger partial charge is 0.0842 e. The summed E-state index contributed by atoms with van der Waals surface area (Å²) in [6, 6.07) is 8.94. The van der Waals surface area contributed by atoms with Crippen molar-refractivity contribution in [3.63, 3.8) is 0 Å². The van der Waals surface area contributed by atoms with E-state index in [1.165, 1.54) is 15.6 Å². The van der Waals surface area contributed by atoms with Crippen molar-refractivity contribution in [3.05, 3.63) is 35.2 Å². The number of likely N-dealkylation sites (N-methyl/N-ethyl adjacent to an activating group) is 1. The van der Waals surface area contributed by atoms with Gasteiger partial charge in [0.05, 0.1) is 11.6 Å². The molecule has 19 heavy (non-hydrogen) atoms. The van der Waals surface area contributed by atoms with E-state index in [0.29, 0.717) is 0 Å². The third-order valence-corrected chi connectivity index (χ3v) is 4.99. The molecule has 0 aliphatic rings. The number of fused-ring (bicyclic) bond motifs is 1. The fraction of sp³-hybridized carbons (Fsp3) is 0.500. The molecule has 2 aromatic rings. The highest BCUT2D eigenvalue weighted by Crippen LogP contribution is 2.37. The molecule has 2 nitrogen and oxygen atoms in total. The predicted molar refractivity (Wildman–Crippen MR) is 83.9 cm³/mol. The van der Waals surface area contributed by atoms with Crippen LogP contribution < -0.4 is 5.32 Å². The van der Waals surface area contributed by atoms with E-state index in [1.807, 2.05) is 18.4 Å². The van der Waals surface area contributed by atoms with Gasteiger partial charge in [-0.3, -0.25) is 0 Å². The van der Waals surface area contributed by atoms with Gasteiger partial charge in [-0.05, 0) is 42.3 Å². The number of methoxy groups -OCH3 is 1. The van der Waals surface area contributed by atoms with E-state index in [1.54, 1.807) is 0 Å². The first kappa shape index (κ1) is 14.5. The molecule has 2 rings (SSSR count). The summed E-state index contributed by atoms with van der Waals surface area (Å²) in [6.07, 6.45) is 0.975. The van der Waals surface area contributed by atoms with Crippen molar-refractivity contribution in [3.8, 4) is 0 Å². The van der Waals surface area contributed by atoms with Crippen LogP contribution in [0.1, 0.15) is 38.8 Å². The zero-order valence-electron chi connectivity index (χ0n) is 12.2. The summed E-state index contributed by atoms with van der Waals surface area (Å²) in [4.78, 5) is 0. The SMILES string of the molecule is CCNC(c1cccc2ccsc12)C(C)(CC)OC. The average molecular weight is 277 g/mol. The lowest BCUT2D eigenvalue weighted by Gasteiger charge is -2.37. The molecule has 0 radical (unpaired) electrons. The maximum absolute atomic E-state index is 5.82. The Bertz CT molecular complexity index is 530. The zero-order valence-corrected chi connectivity index (χ0v) is 13.0. The lowest BCUT2D eigenvalue weighted by atomic mass is 9.87. The normalized spacial score (nSPS) is 16.4. The van der Waals surface area contributed by atoms with Crippen molar-refractivity contribution in [2.45, 2.75) is 38.8 Å². The average Bonchev–Trinajstić information content (AvgIpc) is 2.92. The number of hydrogen-bond acceptors (Lipinski definition) is 3. The number of benzene rings is 1. The molecule has 1 N–H and O–H groups in total. The first-order valence-electron chi connectivity index (χ1n) is 6.91. The molecule has 0 fully saturated rings. The van der Waals surface area contributed by atoms with Crippen LogP contribution >= 0.6 is 11.3 Å². The van der Waals surface area contributed by atoms with Gasteiger partial charge in [-0.15, -0.1) is 11.3 Å². The Balaban J connectivity index is 2.52. The third-order valence-electron chi connectivity index (χ3n) is 4.01. The Kier molecular flexibility index (Phi) is 4.61. The van der Waals surface area contributed by atoms with Crippen LogP contribution in [-0.2, 0) is 4.74 Å². The first-order valence-corrected chi connectivity index (χ1v) is 7.79. The van der Waals surface area contributed by atoms with Gasteiger partial charge in [0.1, 0.15) is 0 Å². The van der Waals surface area contributed by atoms with Gasteiger partial charge in [0.25, 0.3) is 0 Å². The highest BCUT2D eigenvalue weighted by Gasteiger charge is 2.34. The van der Waals surface area contributed by atoms with Crippen LogP contribution in [-0.4, -0.2) is 19.3 Å². The van der Waals surface area contributed by atoms with Crippen molar-refractivity contribution in [2.75, 3.05) is 13.7 Å². The van der Waals surface area contributed by atoms with Crippen molar-refractivity contribution in [1.29, 1.82) is 0 Å². The molecule has 0 bridgehead atoms. The summed E-state index contributed by atoms with van der Waals surface area (Å²) in [5.41, 5.74) is 1.16. The van der Waals surface area contributed by atoms with Crippen LogP contribution in [0, 0.1) is 0 Å². The van der Waals surface area contributed by atoms with Gasteiger partial charge >= 0.3 is 0 Å². The summed E-state index contributed by atoms with van der Waals surface area (Å²) in [5, 5.41) is 7.08. The Hall–Kier alpha value is -0.900. The molecule has 0 saturated heterocycles. The molecule has 0 saturated carbocycles. The number of nitrogens with one attached hydrogen (secondary N) is 1. The number of ether oxygens (including phenoxy) is 1. The van der Waals surface area contributed by atoms with Crippen molar-refractivity contribution >= 4 is 21.4 Å². The molecular formula is C16H23NOS. The minimum absolute atomic E-state index is 0.186. The van der Waals surface area contributed by atoms with Gasteiger partial charge in [0.15, 0.2) is 0 Å². The Morgan fingerprint density at radius 3 is 2.74 bits per heavy atom. The topological polar surface area (TPSA) is 21.3 Å². The van der Waals surface area contributed by atoms with Crippen molar-refractivity contribution in [1.82, 2.24) is 5.32 Å². The molecule has 0 aliphatic carbocycles. The summed E-state index contributed by atoms with van der Waals surface area (Å²) < 4.78 is 7.19. The van der Waals surface area contributed by atoms with Crippen LogP contribution in [0.4, 0.5) is 0 Å². The molecule has 0 amide bonds. The maximum atomic E-state index is 5.82. The van der Waals surface area contributed by atoms with Gasteiger partial charge in [-0.2, -0.15) is 0 Å². The lowest BCUT2D eigenvalue weighted by molar-refractivity contribution is -0.0291. The minimum Gasteiger partial charge on any atom is -0.377 e. The van der Waals surface area contributed by atoms with E-state index in [-0.39, 0.29) is 11.6 Å². The predicted octanol–water partition coefficient (Wildman–Crippen LogP) is 4.37. The summed E-state index contributed by atoms with van der Waals surface area (Å²) in [7, 11) is 1.81. The first-order chi connectivity index (χ1) is 9.16. The quantitative estimate of drug-likeness (QED) is 0.846. The highest BCUT2D eigenvalue weighted by molar-refractivity contribution is 7.17. The van der Waals surface area contributed by atoms with E-state index in [0.717, 1.165) is 13.0 Å². The molecule has 2 unspecified atom stereocenters. The van der Waals surface area contributed by atoms with Crippen LogP contribution in [0.25, 0.3) is 10.1 Å². The molecule has 0 aliphatic heterocycles. The van der Waals surface area contributed by atoms with Gasteiger partial charge in [0.2, 0.25) is 0 Å². The summed E-state index contributed by atoms with van der Waals surface area (Å²) in [5.74, 6) is 0. The van der Waals surface area contributed by atoms with Crippen LogP contribution in [0.15, 0.2) is 29.6 Å². The van der Waals surface area contributed by atoms with Gasteiger partial charge < -0.3 is 10.1 Å². The second-order valence-electron chi connectivity index (χ2n) is 5.05. The molecule has 0 spiro atoms. The van der Waals surface area contributed by atoms with Gasteiger partial charge in [-0.25, -0.2) is 0 Å². The molecule has 1 aromatic carbocycles. The Morgan fingerprint density at radius 2 is 2.11 bits per heavy atom. The van der Waals surface area contributed by atoms with E-state index in [2.05, 4.69) is 55.7 Å². The van der Waals surface area contributed by atoms with Crippen molar-refractivity contribution < 1.29 is 4.74 Å². The molecular weight excluding hydrogens is 254 g/mol. The summed E-state index contributed by atoms with van der Waals surface area (Å²) in [6.45, 7) is 7.45. The molecule has 1 aromatic heterocycles. The van der Waals surface area contributed by atoms with Crippen LogP contribution in [0.2, 0.25) is 0 Å². The molecule has 1 heterocycles. The van der Waals surface area contributed by atoms with E-state index >= 15 is 0 Å². The fourth-order valence-electron chi connectivity index (χ4n) is 2.57. The lowest BCUT2D eigenvalue weighted by Crippen LogP contribution is -2.42. The minimum atomic E-state index is -0.186. The van der Waals surface area contributed by atoms with E-state index in [4.69, 9.17) is 4.74 Å². The second-order valence-corrected chi connectivity index (χ2v) is 5.96. The number of rotatable bonds is 6. The standard InChI is InChI=1S/C16H23NOS/c1-5-16(3,18-4)15(17-6-2)13-9-7-8-12-10-11-19-14(12)13/h7-11,15,17H,5-6H2,1-4H3. The van der Waals surface area contributed by atoms with Crippen LogP contribution in [0.5, 0.6) is 0 Å². The molecule has 104 valence electrons. The van der Waals surface area contributed by atoms with Crippen LogP contribution in [0.3, 0.4) is 0 Å². The summed E-state index contributed by atoms with van der Waals surface area (Å²) >= 11 is 1.81. The third kappa shape index (κ3) is 2.69. The largest absolute Gasteiger partial charge is 0.377 e. The van der Waals surface area contributed by atoms with E-state index < -0.39 is 0 Å². The molecule has 2 atom stereocenters. The number of thiophene rings is 1. The zero-order chi connectivity index (χ0) is 13.9. The highest BCUT2D eigenvalue weighted by atomic mass is 32.1. The van der Waals surface area contributed by atoms with Gasteiger partial charge in [-0.1, -0.05) is 32.0 Å². The molecule has 3 heteroatoms. The fourth-order valence-corrected chi connectivity index (χ4v) is 3.51. The maximum Gasteiger partial charge on any atom is 0.0842 e. The Morgan fingerprint density at radius 1 is 1.32 bits per heavy atom. The van der Waals surface area contributed by atoms with E-state index in [9.17, 15) is 0 Å².